The van der Waals surface area contributed by atoms with Crippen LogP contribution in [0.2, 0.25) is 0 Å². The molecule has 170 valence electrons. The molecule has 0 aliphatic carbocycles. The number of thiophene rings is 1. The van der Waals surface area contributed by atoms with E-state index in [0.717, 1.165) is 22.5 Å². The van der Waals surface area contributed by atoms with Gasteiger partial charge in [-0.1, -0.05) is 60.3 Å². The van der Waals surface area contributed by atoms with E-state index in [4.69, 9.17) is 9.72 Å². The van der Waals surface area contributed by atoms with E-state index in [9.17, 15) is 9.59 Å². The van der Waals surface area contributed by atoms with Crippen molar-refractivity contribution >= 4 is 39.2 Å². The molecule has 0 saturated carbocycles. The number of nitrogens with one attached hydrogen (secondary N) is 1. The second-order valence-electron chi connectivity index (χ2n) is 7.46. The fraction of sp³-hybridized carbons (Fsp3) is 0.240. The summed E-state index contributed by atoms with van der Waals surface area (Å²) in [7, 11) is 1.64. The first-order chi connectivity index (χ1) is 16.1. The first kappa shape index (κ1) is 23.2. The van der Waals surface area contributed by atoms with Crippen LogP contribution in [0.1, 0.15) is 13.3 Å². The smallest absolute Gasteiger partial charge is 0.267 e. The number of para-hydroxylation sites is 1. The van der Waals surface area contributed by atoms with Crippen LogP contribution in [0.25, 0.3) is 26.3 Å². The summed E-state index contributed by atoms with van der Waals surface area (Å²) in [5.41, 5.74) is 1.63. The van der Waals surface area contributed by atoms with Gasteiger partial charge in [0.25, 0.3) is 5.56 Å². The van der Waals surface area contributed by atoms with Gasteiger partial charge in [-0.15, -0.1) is 11.3 Å². The van der Waals surface area contributed by atoms with Gasteiger partial charge in [-0.25, -0.2) is 4.98 Å². The molecule has 6 nitrogen and oxygen atoms in total. The van der Waals surface area contributed by atoms with Crippen LogP contribution in [0.4, 0.5) is 0 Å². The summed E-state index contributed by atoms with van der Waals surface area (Å²) >= 11 is 2.77. The van der Waals surface area contributed by atoms with Crippen LogP contribution in [0, 0.1) is 0 Å². The Morgan fingerprint density at radius 2 is 1.85 bits per heavy atom. The SMILES string of the molecule is COCCCNC(=O)C(C)Sc1nc2sc(-c3ccccc3)cc2c(=O)n1-c1ccccc1. The number of hydrogen-bond donors (Lipinski definition) is 1. The van der Waals surface area contributed by atoms with E-state index < -0.39 is 5.25 Å². The highest BCUT2D eigenvalue weighted by Crippen LogP contribution is 2.33. The number of carbonyl (C=O) groups excluding carboxylic acids is 1. The molecule has 8 heteroatoms. The lowest BCUT2D eigenvalue weighted by molar-refractivity contribution is -0.120. The number of ether oxygens (including phenoxy) is 1. The fourth-order valence-corrected chi connectivity index (χ4v) is 5.40. The third-order valence-corrected chi connectivity index (χ3v) is 7.21. The third kappa shape index (κ3) is 5.35. The molecule has 1 atom stereocenters. The molecule has 2 heterocycles. The van der Waals surface area contributed by atoms with Crippen molar-refractivity contribution in [3.63, 3.8) is 0 Å². The fourth-order valence-electron chi connectivity index (χ4n) is 3.37. The molecular weight excluding hydrogens is 454 g/mol. The maximum absolute atomic E-state index is 13.6. The number of aromatic nitrogens is 2. The molecule has 1 unspecified atom stereocenters. The van der Waals surface area contributed by atoms with Crippen LogP contribution >= 0.6 is 23.1 Å². The van der Waals surface area contributed by atoms with Crippen LogP contribution in [0.15, 0.2) is 76.7 Å². The number of benzene rings is 2. The lowest BCUT2D eigenvalue weighted by Gasteiger charge is -2.15. The maximum Gasteiger partial charge on any atom is 0.267 e. The summed E-state index contributed by atoms with van der Waals surface area (Å²) in [6.07, 6.45) is 0.746. The molecule has 0 bridgehead atoms. The summed E-state index contributed by atoms with van der Waals surface area (Å²) < 4.78 is 6.63. The van der Waals surface area contributed by atoms with E-state index >= 15 is 0 Å². The van der Waals surface area contributed by atoms with Crippen LogP contribution in [0.5, 0.6) is 0 Å². The van der Waals surface area contributed by atoms with Gasteiger partial charge in [-0.05, 0) is 37.1 Å². The van der Waals surface area contributed by atoms with Crippen molar-refractivity contribution in [2.45, 2.75) is 23.8 Å². The largest absolute Gasteiger partial charge is 0.385 e. The maximum atomic E-state index is 13.6. The Bertz CT molecular complexity index is 1290. The molecule has 0 spiro atoms. The van der Waals surface area contributed by atoms with E-state index in [-0.39, 0.29) is 11.5 Å². The second-order valence-corrected chi connectivity index (χ2v) is 9.80. The van der Waals surface area contributed by atoms with Crippen LogP contribution < -0.4 is 10.9 Å². The van der Waals surface area contributed by atoms with Gasteiger partial charge in [0.2, 0.25) is 5.91 Å². The Hall–Kier alpha value is -2.94. The zero-order valence-corrected chi connectivity index (χ0v) is 20.1. The summed E-state index contributed by atoms with van der Waals surface area (Å²) in [5, 5.41) is 3.58. The summed E-state index contributed by atoms with van der Waals surface area (Å²) in [5.74, 6) is -0.0961. The molecule has 4 rings (SSSR count). The van der Waals surface area contributed by atoms with E-state index in [1.54, 1.807) is 11.7 Å². The van der Waals surface area contributed by atoms with Gasteiger partial charge in [0.15, 0.2) is 5.16 Å². The third-order valence-electron chi connectivity index (χ3n) is 5.08. The van der Waals surface area contributed by atoms with Crippen molar-refractivity contribution in [3.8, 4) is 16.1 Å². The molecule has 0 fully saturated rings. The number of thioether (sulfide) groups is 1. The summed E-state index contributed by atoms with van der Waals surface area (Å²) in [6.45, 7) is 2.96. The number of methoxy groups -OCH3 is 1. The zero-order chi connectivity index (χ0) is 23.2. The molecule has 0 radical (unpaired) electrons. The Balaban J connectivity index is 1.72. The minimum Gasteiger partial charge on any atom is -0.385 e. The molecule has 0 aliphatic heterocycles. The first-order valence-electron chi connectivity index (χ1n) is 10.7. The zero-order valence-electron chi connectivity index (χ0n) is 18.5. The number of fused-ring (bicyclic) bond motifs is 1. The van der Waals surface area contributed by atoms with Crippen molar-refractivity contribution in [1.82, 2.24) is 14.9 Å². The van der Waals surface area contributed by atoms with Crippen molar-refractivity contribution in [3.05, 3.63) is 77.1 Å². The van der Waals surface area contributed by atoms with Gasteiger partial charge in [0, 0.05) is 25.1 Å². The van der Waals surface area contributed by atoms with E-state index in [1.807, 2.05) is 73.7 Å². The molecule has 1 amide bonds. The quantitative estimate of drug-likeness (QED) is 0.213. The van der Waals surface area contributed by atoms with Gasteiger partial charge in [0.05, 0.1) is 16.3 Å². The van der Waals surface area contributed by atoms with Crippen LogP contribution in [0.3, 0.4) is 0 Å². The van der Waals surface area contributed by atoms with E-state index in [1.165, 1.54) is 23.1 Å². The van der Waals surface area contributed by atoms with Gasteiger partial charge >= 0.3 is 0 Å². The van der Waals surface area contributed by atoms with Gasteiger partial charge < -0.3 is 10.1 Å². The monoisotopic (exact) mass is 479 g/mol. The molecule has 0 saturated heterocycles. The number of hydrogen-bond acceptors (Lipinski definition) is 6. The van der Waals surface area contributed by atoms with Crippen molar-refractivity contribution in [1.29, 1.82) is 0 Å². The first-order valence-corrected chi connectivity index (χ1v) is 12.4. The van der Waals surface area contributed by atoms with Crippen LogP contribution in [-0.4, -0.2) is 41.0 Å². The molecule has 1 N–H and O–H groups in total. The van der Waals surface area contributed by atoms with Crippen molar-refractivity contribution in [2.24, 2.45) is 0 Å². The minimum absolute atomic E-state index is 0.0961. The summed E-state index contributed by atoms with van der Waals surface area (Å²) in [4.78, 5) is 32.7. The number of carbonyl (C=O) groups is 1. The second kappa shape index (κ2) is 10.8. The Labute approximate surface area is 200 Å². The Kier molecular flexibility index (Phi) is 7.59. The van der Waals surface area contributed by atoms with Gasteiger partial charge in [-0.2, -0.15) is 0 Å². The summed E-state index contributed by atoms with van der Waals surface area (Å²) in [6, 6.07) is 21.3. The molecule has 4 aromatic rings. The van der Waals surface area contributed by atoms with Gasteiger partial charge in [-0.3, -0.25) is 14.2 Å². The Morgan fingerprint density at radius 1 is 1.15 bits per heavy atom. The number of rotatable bonds is 9. The van der Waals surface area contributed by atoms with Gasteiger partial charge in [0.1, 0.15) is 4.83 Å². The number of amides is 1. The average Bonchev–Trinajstić information content (AvgIpc) is 3.27. The minimum atomic E-state index is -0.416. The molecule has 0 aliphatic rings. The predicted octanol–water partition coefficient (Wildman–Crippen LogP) is 4.75. The molecule has 2 aromatic heterocycles. The molecular formula is C25H25N3O3S2. The van der Waals surface area contributed by atoms with Crippen molar-refractivity contribution < 1.29 is 9.53 Å². The predicted molar refractivity (Wildman–Crippen MR) is 135 cm³/mol. The topological polar surface area (TPSA) is 73.2 Å². The average molecular weight is 480 g/mol. The van der Waals surface area contributed by atoms with Crippen LogP contribution in [-0.2, 0) is 9.53 Å². The highest BCUT2D eigenvalue weighted by Gasteiger charge is 2.21. The standard InChI is InChI=1S/C25H25N3O3S2/c1-17(22(29)26-14-9-15-31-2)32-25-27-23-20(16-21(33-23)18-10-5-3-6-11-18)24(30)28(25)19-12-7-4-8-13-19/h3-8,10-13,16-17H,9,14-15H2,1-2H3,(H,26,29). The normalized spacial score (nSPS) is 12.1. The lowest BCUT2D eigenvalue weighted by Crippen LogP contribution is -2.33. The molecule has 33 heavy (non-hydrogen) atoms. The Morgan fingerprint density at radius 3 is 2.55 bits per heavy atom. The molecule has 2 aromatic carbocycles. The van der Waals surface area contributed by atoms with E-state index in [2.05, 4.69) is 5.32 Å². The highest BCUT2D eigenvalue weighted by molar-refractivity contribution is 8.00. The van der Waals surface area contributed by atoms with Crippen molar-refractivity contribution in [2.75, 3.05) is 20.3 Å². The lowest BCUT2D eigenvalue weighted by atomic mass is 10.2. The number of nitrogens with zero attached hydrogens (tertiary/aromatic N) is 2. The highest BCUT2D eigenvalue weighted by atomic mass is 32.2. The van der Waals surface area contributed by atoms with E-state index in [0.29, 0.717) is 28.5 Å².